The number of halogens is 2. The van der Waals surface area contributed by atoms with Crippen molar-refractivity contribution < 1.29 is 9.59 Å². The van der Waals surface area contributed by atoms with E-state index < -0.39 is 11.7 Å². The highest BCUT2D eigenvalue weighted by molar-refractivity contribution is 6.43. The molecular formula is C23H16Cl2N2O2. The van der Waals surface area contributed by atoms with E-state index in [2.05, 4.69) is 5.32 Å². The molecule has 0 aliphatic rings. The Kier molecular flexibility index (Phi) is 5.38. The van der Waals surface area contributed by atoms with Crippen molar-refractivity contribution in [2.45, 2.75) is 6.54 Å². The third-order valence-electron chi connectivity index (χ3n) is 4.62. The summed E-state index contributed by atoms with van der Waals surface area (Å²) in [5, 5.41) is 3.91. The molecular weight excluding hydrogens is 407 g/mol. The van der Waals surface area contributed by atoms with Crippen LogP contribution in [-0.4, -0.2) is 16.1 Å². The molecule has 0 saturated carbocycles. The van der Waals surface area contributed by atoms with E-state index in [1.54, 1.807) is 47.0 Å². The van der Waals surface area contributed by atoms with Crippen molar-refractivity contribution in [2.24, 2.45) is 0 Å². The minimum atomic E-state index is -0.668. The van der Waals surface area contributed by atoms with Crippen LogP contribution in [0.1, 0.15) is 16.1 Å². The van der Waals surface area contributed by atoms with Crippen molar-refractivity contribution in [3.63, 3.8) is 0 Å². The molecule has 0 radical (unpaired) electrons. The number of carbonyl (C=O) groups excluding carboxylic acids is 2. The fourth-order valence-electron chi connectivity index (χ4n) is 3.18. The summed E-state index contributed by atoms with van der Waals surface area (Å²) in [5.74, 6) is -1.27. The minimum absolute atomic E-state index is 0.237. The average molecular weight is 423 g/mol. The maximum absolute atomic E-state index is 13.1. The van der Waals surface area contributed by atoms with Gasteiger partial charge in [-0.1, -0.05) is 53.5 Å². The zero-order valence-corrected chi connectivity index (χ0v) is 16.7. The van der Waals surface area contributed by atoms with Gasteiger partial charge in [0.2, 0.25) is 0 Å². The number of aromatic nitrogens is 1. The zero-order chi connectivity index (χ0) is 20.4. The number of rotatable bonds is 5. The molecule has 2 heterocycles. The highest BCUT2D eigenvalue weighted by atomic mass is 35.5. The van der Waals surface area contributed by atoms with Crippen LogP contribution in [0.2, 0.25) is 10.0 Å². The first-order valence-corrected chi connectivity index (χ1v) is 9.71. The van der Waals surface area contributed by atoms with E-state index in [9.17, 15) is 9.59 Å². The number of nitrogens with zero attached hydrogens (tertiary/aromatic N) is 1. The average Bonchev–Trinajstić information content (AvgIpc) is 3.12. The van der Waals surface area contributed by atoms with E-state index in [4.69, 9.17) is 23.2 Å². The van der Waals surface area contributed by atoms with Gasteiger partial charge in [0.15, 0.2) is 0 Å². The van der Waals surface area contributed by atoms with E-state index >= 15 is 0 Å². The molecule has 4 nitrogen and oxygen atoms in total. The fraction of sp³-hybridized carbons (Fsp3) is 0.0435. The van der Waals surface area contributed by atoms with Crippen LogP contribution in [0.5, 0.6) is 0 Å². The highest BCUT2D eigenvalue weighted by Gasteiger charge is 2.24. The molecule has 0 aliphatic heterocycles. The van der Waals surface area contributed by atoms with Gasteiger partial charge < -0.3 is 9.72 Å². The first kappa shape index (κ1) is 19.2. The Morgan fingerprint density at radius 1 is 0.862 bits per heavy atom. The summed E-state index contributed by atoms with van der Waals surface area (Å²) in [7, 11) is 0. The van der Waals surface area contributed by atoms with Gasteiger partial charge in [-0.25, -0.2) is 0 Å². The molecule has 0 saturated heterocycles. The van der Waals surface area contributed by atoms with Gasteiger partial charge in [0, 0.05) is 33.9 Å². The van der Waals surface area contributed by atoms with Crippen LogP contribution in [0, 0.1) is 0 Å². The lowest BCUT2D eigenvalue weighted by Crippen LogP contribution is -2.31. The third-order valence-corrected chi connectivity index (χ3v) is 5.13. The Hall–Kier alpha value is -3.08. The molecule has 0 fully saturated rings. The van der Waals surface area contributed by atoms with Crippen LogP contribution in [0.25, 0.3) is 16.6 Å². The van der Waals surface area contributed by atoms with E-state index in [0.717, 1.165) is 16.6 Å². The second-order valence-electron chi connectivity index (χ2n) is 6.55. The predicted molar refractivity (Wildman–Crippen MR) is 115 cm³/mol. The van der Waals surface area contributed by atoms with Crippen molar-refractivity contribution in [1.82, 2.24) is 9.72 Å². The normalized spacial score (nSPS) is 10.8. The number of amides is 1. The molecule has 29 heavy (non-hydrogen) atoms. The van der Waals surface area contributed by atoms with E-state index in [1.165, 1.54) is 0 Å². The Balaban J connectivity index is 1.67. The molecule has 2 aromatic heterocycles. The number of Topliss-reactive ketones (excluding diaryl/α,β-unsaturated/α-hetero) is 1. The second-order valence-corrected chi connectivity index (χ2v) is 7.42. The van der Waals surface area contributed by atoms with Crippen molar-refractivity contribution in [3.8, 4) is 11.1 Å². The highest BCUT2D eigenvalue weighted by Crippen LogP contribution is 2.29. The molecule has 144 valence electrons. The maximum Gasteiger partial charge on any atom is 0.294 e. The Morgan fingerprint density at radius 3 is 2.21 bits per heavy atom. The van der Waals surface area contributed by atoms with Crippen molar-refractivity contribution in [2.75, 3.05) is 0 Å². The molecule has 4 aromatic rings. The molecule has 6 heteroatoms. The molecule has 0 unspecified atom stereocenters. The Labute approximate surface area is 177 Å². The van der Waals surface area contributed by atoms with Crippen LogP contribution in [0.4, 0.5) is 0 Å². The minimum Gasteiger partial charge on any atom is -0.345 e. The second kappa shape index (κ2) is 8.11. The lowest BCUT2D eigenvalue weighted by atomic mass is 10.0. The number of carbonyl (C=O) groups is 2. The standard InChI is InChI=1S/C23H16Cl2N2O2/c24-17-8-4-15(5-9-17)14-26-23(29)22(28)21-20(16-6-10-18(25)11-7-16)13-19-3-1-2-12-27(19)21/h1-13H,14H2,(H,26,29). The molecule has 0 aliphatic carbocycles. The SMILES string of the molecule is O=C(NCc1ccc(Cl)cc1)C(=O)c1c(-c2ccc(Cl)cc2)cc2ccccn12. The van der Waals surface area contributed by atoms with Crippen molar-refractivity contribution >= 4 is 40.4 Å². The van der Waals surface area contributed by atoms with Gasteiger partial charge in [-0.3, -0.25) is 9.59 Å². The molecule has 1 N–H and O–H groups in total. The summed E-state index contributed by atoms with van der Waals surface area (Å²) in [5.41, 5.74) is 3.49. The van der Waals surface area contributed by atoms with Crippen LogP contribution in [0.15, 0.2) is 79.0 Å². The van der Waals surface area contributed by atoms with Gasteiger partial charge in [0.25, 0.3) is 11.7 Å². The van der Waals surface area contributed by atoms with Crippen LogP contribution in [-0.2, 0) is 11.3 Å². The number of benzene rings is 2. The fourth-order valence-corrected chi connectivity index (χ4v) is 3.43. The number of fused-ring (bicyclic) bond motifs is 1. The van der Waals surface area contributed by atoms with Gasteiger partial charge in [0.1, 0.15) is 5.69 Å². The van der Waals surface area contributed by atoms with Crippen molar-refractivity contribution in [3.05, 3.63) is 100 Å². The predicted octanol–water partition coefficient (Wildman–Crippen LogP) is 5.41. The number of pyridine rings is 1. The van der Waals surface area contributed by atoms with Crippen LogP contribution < -0.4 is 5.32 Å². The first-order valence-electron chi connectivity index (χ1n) is 8.96. The van der Waals surface area contributed by atoms with Gasteiger partial charge in [-0.2, -0.15) is 0 Å². The monoisotopic (exact) mass is 422 g/mol. The van der Waals surface area contributed by atoms with Gasteiger partial charge in [-0.15, -0.1) is 0 Å². The third kappa shape index (κ3) is 4.04. The molecule has 0 bridgehead atoms. The number of hydrogen-bond acceptors (Lipinski definition) is 2. The molecule has 2 aromatic carbocycles. The van der Waals surface area contributed by atoms with Gasteiger partial charge in [0.05, 0.1) is 0 Å². The van der Waals surface area contributed by atoms with Crippen LogP contribution in [0.3, 0.4) is 0 Å². The quantitative estimate of drug-likeness (QED) is 0.345. The Morgan fingerprint density at radius 2 is 1.52 bits per heavy atom. The molecule has 0 spiro atoms. The summed E-state index contributed by atoms with van der Waals surface area (Å²) in [6.45, 7) is 0.237. The Bertz CT molecular complexity index is 1200. The lowest BCUT2D eigenvalue weighted by Gasteiger charge is -2.08. The maximum atomic E-state index is 13.1. The molecule has 0 atom stereocenters. The van der Waals surface area contributed by atoms with Crippen LogP contribution >= 0.6 is 23.2 Å². The topological polar surface area (TPSA) is 50.6 Å². The largest absolute Gasteiger partial charge is 0.345 e. The van der Waals surface area contributed by atoms with Crippen molar-refractivity contribution in [1.29, 1.82) is 0 Å². The number of ketones is 1. The van der Waals surface area contributed by atoms with E-state index in [0.29, 0.717) is 21.3 Å². The van der Waals surface area contributed by atoms with Gasteiger partial charge >= 0.3 is 0 Å². The smallest absolute Gasteiger partial charge is 0.294 e. The summed E-state index contributed by atoms with van der Waals surface area (Å²) in [6.07, 6.45) is 1.77. The molecule has 1 amide bonds. The number of hydrogen-bond donors (Lipinski definition) is 1. The zero-order valence-electron chi connectivity index (χ0n) is 15.2. The van der Waals surface area contributed by atoms with E-state index in [1.807, 2.05) is 36.4 Å². The number of nitrogens with one attached hydrogen (secondary N) is 1. The lowest BCUT2D eigenvalue weighted by molar-refractivity contribution is -0.117. The van der Waals surface area contributed by atoms with Gasteiger partial charge in [-0.05, 0) is 53.6 Å². The summed E-state index contributed by atoms with van der Waals surface area (Å²) in [6, 6.07) is 21.8. The first-order chi connectivity index (χ1) is 14.0. The summed E-state index contributed by atoms with van der Waals surface area (Å²) >= 11 is 11.9. The summed E-state index contributed by atoms with van der Waals surface area (Å²) < 4.78 is 1.73. The van der Waals surface area contributed by atoms with E-state index in [-0.39, 0.29) is 6.54 Å². The molecule has 4 rings (SSSR count). The summed E-state index contributed by atoms with van der Waals surface area (Å²) in [4.78, 5) is 25.7.